The van der Waals surface area contributed by atoms with Crippen LogP contribution in [0.15, 0.2) is 65.6 Å². The third-order valence-electron chi connectivity index (χ3n) is 7.93. The highest BCUT2D eigenvalue weighted by atomic mass is 16.5. The van der Waals surface area contributed by atoms with Crippen LogP contribution in [-0.4, -0.2) is 42.4 Å². The molecule has 0 radical (unpaired) electrons. The number of carbonyl (C=O) groups excluding carboxylic acids is 1. The lowest BCUT2D eigenvalue weighted by molar-refractivity contribution is 0.0736. The molecule has 3 N–H and O–H groups in total. The molecule has 9 heteroatoms. The summed E-state index contributed by atoms with van der Waals surface area (Å²) in [5.74, 6) is 1.29. The first-order valence-corrected chi connectivity index (χ1v) is 13.4. The van der Waals surface area contributed by atoms with Crippen LogP contribution >= 0.6 is 0 Å². The van der Waals surface area contributed by atoms with Crippen LogP contribution in [0.25, 0.3) is 22.0 Å². The van der Waals surface area contributed by atoms with Crippen molar-refractivity contribution in [2.24, 2.45) is 0 Å². The number of hydrogen-bond donors (Lipinski definition) is 2. The van der Waals surface area contributed by atoms with Crippen molar-refractivity contribution < 1.29 is 9.32 Å². The van der Waals surface area contributed by atoms with Gasteiger partial charge in [0.2, 0.25) is 11.8 Å². The first-order valence-electron chi connectivity index (χ1n) is 13.4. The molecule has 2 aromatic carbocycles. The second-order valence-corrected chi connectivity index (χ2v) is 10.1. The Hall–Kier alpha value is -4.53. The van der Waals surface area contributed by atoms with Crippen molar-refractivity contribution in [1.82, 2.24) is 30.0 Å². The fourth-order valence-corrected chi connectivity index (χ4v) is 5.60. The van der Waals surface area contributed by atoms with Crippen LogP contribution in [0.4, 0.5) is 5.95 Å². The van der Waals surface area contributed by atoms with Crippen LogP contribution in [-0.2, 0) is 18.4 Å². The van der Waals surface area contributed by atoms with Crippen LogP contribution < -0.4 is 5.73 Å². The second-order valence-electron chi connectivity index (χ2n) is 10.1. The molecule has 1 saturated carbocycles. The molecule has 3 aromatic heterocycles. The summed E-state index contributed by atoms with van der Waals surface area (Å²) in [6.45, 7) is 4.74. The smallest absolute Gasteiger partial charge is 0.256 e. The van der Waals surface area contributed by atoms with E-state index in [2.05, 4.69) is 61.6 Å². The van der Waals surface area contributed by atoms with Crippen molar-refractivity contribution in [3.05, 3.63) is 89.5 Å². The Kier molecular flexibility index (Phi) is 6.34. The zero-order valence-electron chi connectivity index (χ0n) is 22.1. The zero-order valence-corrected chi connectivity index (χ0v) is 22.1. The number of para-hydroxylation sites is 1. The van der Waals surface area contributed by atoms with Gasteiger partial charge in [-0.3, -0.25) is 4.79 Å². The molecule has 39 heavy (non-hydrogen) atoms. The Morgan fingerprint density at radius 1 is 1.08 bits per heavy atom. The van der Waals surface area contributed by atoms with Gasteiger partial charge in [-0.1, -0.05) is 54.9 Å². The summed E-state index contributed by atoms with van der Waals surface area (Å²) in [6.07, 6.45) is 9.54. The van der Waals surface area contributed by atoms with Gasteiger partial charge in [-0.25, -0.2) is 9.97 Å². The highest BCUT2D eigenvalue weighted by Gasteiger charge is 2.42. The Morgan fingerprint density at radius 3 is 2.49 bits per heavy atom. The molecule has 0 bridgehead atoms. The number of carbonyl (C=O) groups is 1. The van der Waals surface area contributed by atoms with Crippen LogP contribution in [0.2, 0.25) is 0 Å². The predicted octanol–water partition coefficient (Wildman–Crippen LogP) is 5.28. The lowest BCUT2D eigenvalue weighted by atomic mass is 9.60. The monoisotopic (exact) mass is 521 g/mol. The van der Waals surface area contributed by atoms with E-state index in [0.29, 0.717) is 30.2 Å². The summed E-state index contributed by atoms with van der Waals surface area (Å²) < 4.78 is 5.35. The summed E-state index contributed by atoms with van der Waals surface area (Å²) >= 11 is 0. The maximum absolute atomic E-state index is 13.7. The summed E-state index contributed by atoms with van der Waals surface area (Å²) in [5, 5.41) is 5.05. The standard InChI is InChI=1S/C30H31N7O2/c1-3-25-35-26(39-36-25)18-37(4-2)28(38)23-8-5-7-22-24(17-32-27(22)23)30(13-6-14-30)21-11-9-19(10-12-21)20-15-33-29(31)34-16-20/h5,7-12,15-17,32H,3-4,6,13-14,18H2,1-2H3,(H2,31,33,34). The number of nitrogens with zero attached hydrogens (tertiary/aromatic N) is 5. The molecular weight excluding hydrogens is 490 g/mol. The molecule has 1 amide bonds. The van der Waals surface area contributed by atoms with Gasteiger partial charge in [-0.05, 0) is 42.5 Å². The van der Waals surface area contributed by atoms with Gasteiger partial charge in [0.25, 0.3) is 5.91 Å². The summed E-state index contributed by atoms with van der Waals surface area (Å²) in [4.78, 5) is 31.5. The predicted molar refractivity (Wildman–Crippen MR) is 149 cm³/mol. The van der Waals surface area contributed by atoms with Crippen molar-refractivity contribution in [3.8, 4) is 11.1 Å². The van der Waals surface area contributed by atoms with E-state index in [1.165, 1.54) is 11.1 Å². The van der Waals surface area contributed by atoms with Crippen molar-refractivity contribution in [2.75, 3.05) is 12.3 Å². The molecule has 0 atom stereocenters. The fraction of sp³-hybridized carbons (Fsp3) is 0.300. The van der Waals surface area contributed by atoms with E-state index in [1.807, 2.05) is 26.0 Å². The van der Waals surface area contributed by atoms with Crippen LogP contribution in [0, 0.1) is 0 Å². The molecule has 0 saturated heterocycles. The number of rotatable bonds is 8. The van der Waals surface area contributed by atoms with E-state index in [9.17, 15) is 4.79 Å². The first-order chi connectivity index (χ1) is 19.0. The van der Waals surface area contributed by atoms with Gasteiger partial charge in [0, 0.05) is 47.9 Å². The Labute approximate surface area is 226 Å². The number of benzene rings is 2. The van der Waals surface area contributed by atoms with E-state index in [1.54, 1.807) is 17.3 Å². The molecule has 0 spiro atoms. The van der Waals surface area contributed by atoms with E-state index in [-0.39, 0.29) is 23.8 Å². The number of fused-ring (bicyclic) bond motifs is 1. The second kappa shape index (κ2) is 9.98. The number of aryl methyl sites for hydroxylation is 1. The van der Waals surface area contributed by atoms with E-state index < -0.39 is 0 Å². The minimum absolute atomic E-state index is 0.0644. The van der Waals surface area contributed by atoms with Gasteiger partial charge in [-0.2, -0.15) is 4.98 Å². The zero-order chi connectivity index (χ0) is 27.0. The van der Waals surface area contributed by atoms with Crippen LogP contribution in [0.3, 0.4) is 0 Å². The van der Waals surface area contributed by atoms with Gasteiger partial charge >= 0.3 is 0 Å². The van der Waals surface area contributed by atoms with E-state index in [0.717, 1.165) is 41.3 Å². The van der Waals surface area contributed by atoms with E-state index in [4.69, 9.17) is 10.3 Å². The third-order valence-corrected chi connectivity index (χ3v) is 7.93. The van der Waals surface area contributed by atoms with Crippen molar-refractivity contribution in [1.29, 1.82) is 0 Å². The van der Waals surface area contributed by atoms with Gasteiger partial charge in [0.15, 0.2) is 5.82 Å². The molecule has 1 aliphatic carbocycles. The highest BCUT2D eigenvalue weighted by molar-refractivity contribution is 6.06. The number of anilines is 1. The number of nitrogens with one attached hydrogen (secondary N) is 1. The lowest BCUT2D eigenvalue weighted by Gasteiger charge is -2.43. The quantitative estimate of drug-likeness (QED) is 0.284. The molecule has 5 aromatic rings. The van der Waals surface area contributed by atoms with Crippen molar-refractivity contribution >= 4 is 22.8 Å². The van der Waals surface area contributed by atoms with Gasteiger partial charge in [-0.15, -0.1) is 0 Å². The average molecular weight is 522 g/mol. The maximum atomic E-state index is 13.7. The molecule has 1 aliphatic rings. The number of aromatic amines is 1. The fourth-order valence-electron chi connectivity index (χ4n) is 5.60. The first kappa shape index (κ1) is 24.8. The number of hydrogen-bond acceptors (Lipinski definition) is 7. The van der Waals surface area contributed by atoms with Crippen LogP contribution in [0.5, 0.6) is 0 Å². The summed E-state index contributed by atoms with van der Waals surface area (Å²) in [6, 6.07) is 14.6. The third kappa shape index (κ3) is 4.33. The van der Waals surface area contributed by atoms with Crippen molar-refractivity contribution in [3.63, 3.8) is 0 Å². The lowest BCUT2D eigenvalue weighted by Crippen LogP contribution is -2.35. The normalized spacial score (nSPS) is 14.3. The van der Waals surface area contributed by atoms with Gasteiger partial charge < -0.3 is 20.1 Å². The molecule has 3 heterocycles. The number of nitrogens with two attached hydrogens (primary N) is 1. The Morgan fingerprint density at radius 2 is 1.85 bits per heavy atom. The van der Waals surface area contributed by atoms with E-state index >= 15 is 0 Å². The Bertz CT molecular complexity index is 1620. The molecule has 1 fully saturated rings. The SMILES string of the molecule is CCc1noc(CN(CC)C(=O)c2cccc3c(C4(c5ccc(-c6cnc(N)nc6)cc5)CCC4)c[nH]c23)n1. The van der Waals surface area contributed by atoms with Gasteiger partial charge in [0.1, 0.15) is 6.54 Å². The van der Waals surface area contributed by atoms with Gasteiger partial charge in [0.05, 0.1) is 11.1 Å². The summed E-state index contributed by atoms with van der Waals surface area (Å²) in [5.41, 5.74) is 11.5. The van der Waals surface area contributed by atoms with Crippen molar-refractivity contribution in [2.45, 2.75) is 51.5 Å². The minimum atomic E-state index is -0.0964. The molecule has 0 aliphatic heterocycles. The maximum Gasteiger partial charge on any atom is 0.256 e. The molecule has 0 unspecified atom stereocenters. The topological polar surface area (TPSA) is 127 Å². The summed E-state index contributed by atoms with van der Waals surface area (Å²) in [7, 11) is 0. The number of H-pyrrole nitrogens is 1. The van der Waals surface area contributed by atoms with Crippen LogP contribution in [0.1, 0.15) is 66.3 Å². The minimum Gasteiger partial charge on any atom is -0.368 e. The number of nitrogen functional groups attached to an aromatic ring is 1. The number of amides is 1. The number of aromatic nitrogens is 5. The Balaban J connectivity index is 1.32. The molecule has 9 nitrogen and oxygen atoms in total. The largest absolute Gasteiger partial charge is 0.368 e. The average Bonchev–Trinajstić information content (AvgIpc) is 3.59. The molecule has 6 rings (SSSR count). The molecular formula is C30H31N7O2. The highest BCUT2D eigenvalue weighted by Crippen LogP contribution is 2.51. The molecule has 198 valence electrons.